The molecule has 2 aromatic carbocycles. The lowest BCUT2D eigenvalue weighted by atomic mass is 10.1. The number of piperazine rings is 1. The number of carbonyl (C=O) groups is 1. The van der Waals surface area contributed by atoms with Crippen LogP contribution in [0, 0.1) is 0 Å². The zero-order chi connectivity index (χ0) is 21.0. The third-order valence-electron chi connectivity index (χ3n) is 5.11. The number of carbonyl (C=O) groups excluding carboxylic acids is 1. The molecule has 0 N–H and O–H groups in total. The Morgan fingerprint density at radius 2 is 1.53 bits per heavy atom. The first kappa shape index (κ1) is 20.1. The maximum absolute atomic E-state index is 12.9. The van der Waals surface area contributed by atoms with Crippen LogP contribution in [-0.2, 0) is 10.0 Å². The fourth-order valence-electron chi connectivity index (χ4n) is 3.45. The third kappa shape index (κ3) is 4.53. The van der Waals surface area contributed by atoms with Gasteiger partial charge in [0.1, 0.15) is 0 Å². The molecule has 0 spiro atoms. The van der Waals surface area contributed by atoms with Gasteiger partial charge in [0.2, 0.25) is 10.0 Å². The summed E-state index contributed by atoms with van der Waals surface area (Å²) in [5.74, 6) is -0.0825. The van der Waals surface area contributed by atoms with Crippen molar-refractivity contribution in [2.75, 3.05) is 26.2 Å². The lowest BCUT2D eigenvalue weighted by Gasteiger charge is -2.33. The standard InChI is InChI=1S/C23H23N3O3S/c27-23(21-9-6-10-22(19-21)24-12-4-5-13-24)25-14-16-26(17-15-25)30(28,29)18-11-20-7-2-1-3-8-20/h1-13,18-19H,14-17H2/b18-11+. The zero-order valence-corrected chi connectivity index (χ0v) is 17.3. The maximum Gasteiger partial charge on any atom is 0.254 e. The van der Waals surface area contributed by atoms with Crippen LogP contribution >= 0.6 is 0 Å². The molecule has 3 aromatic rings. The smallest absolute Gasteiger partial charge is 0.254 e. The molecule has 1 amide bonds. The number of amides is 1. The van der Waals surface area contributed by atoms with Gasteiger partial charge in [-0.1, -0.05) is 36.4 Å². The summed E-state index contributed by atoms with van der Waals surface area (Å²) in [4.78, 5) is 14.6. The Morgan fingerprint density at radius 1 is 0.833 bits per heavy atom. The van der Waals surface area contributed by atoms with Crippen LogP contribution in [0.2, 0.25) is 0 Å². The van der Waals surface area contributed by atoms with Crippen molar-refractivity contribution in [1.29, 1.82) is 0 Å². The van der Waals surface area contributed by atoms with Crippen molar-refractivity contribution in [3.8, 4) is 5.69 Å². The van der Waals surface area contributed by atoms with Crippen LogP contribution in [-0.4, -0.2) is 54.3 Å². The van der Waals surface area contributed by atoms with E-state index in [2.05, 4.69) is 0 Å². The van der Waals surface area contributed by atoms with E-state index in [1.165, 1.54) is 9.71 Å². The maximum atomic E-state index is 12.9. The van der Waals surface area contributed by atoms with E-state index < -0.39 is 10.0 Å². The van der Waals surface area contributed by atoms with E-state index in [-0.39, 0.29) is 19.0 Å². The number of sulfonamides is 1. The third-order valence-corrected chi connectivity index (χ3v) is 6.68. The molecule has 30 heavy (non-hydrogen) atoms. The minimum atomic E-state index is -3.52. The molecule has 1 aliphatic rings. The van der Waals surface area contributed by atoms with Crippen LogP contribution < -0.4 is 0 Å². The van der Waals surface area contributed by atoms with Crippen molar-refractivity contribution >= 4 is 22.0 Å². The second kappa shape index (κ2) is 8.69. The first-order chi connectivity index (χ1) is 14.5. The highest BCUT2D eigenvalue weighted by atomic mass is 32.2. The lowest BCUT2D eigenvalue weighted by Crippen LogP contribution is -2.50. The molecule has 154 valence electrons. The second-order valence-corrected chi connectivity index (χ2v) is 8.91. The van der Waals surface area contributed by atoms with Gasteiger partial charge in [-0.3, -0.25) is 4.79 Å². The largest absolute Gasteiger partial charge is 0.336 e. The Morgan fingerprint density at radius 3 is 2.23 bits per heavy atom. The molecule has 6 nitrogen and oxygen atoms in total. The van der Waals surface area contributed by atoms with E-state index in [4.69, 9.17) is 0 Å². The van der Waals surface area contributed by atoms with E-state index in [1.807, 2.05) is 77.6 Å². The normalized spacial score (nSPS) is 15.5. The molecule has 0 unspecified atom stereocenters. The summed E-state index contributed by atoms with van der Waals surface area (Å²) in [5.41, 5.74) is 2.34. The van der Waals surface area contributed by atoms with Gasteiger partial charge in [-0.25, -0.2) is 8.42 Å². The van der Waals surface area contributed by atoms with Gasteiger partial charge in [0.15, 0.2) is 0 Å². The number of rotatable bonds is 5. The molecule has 0 atom stereocenters. The molecule has 2 heterocycles. The van der Waals surface area contributed by atoms with Crippen LogP contribution in [0.15, 0.2) is 84.5 Å². The molecule has 1 aliphatic heterocycles. The number of hydrogen-bond acceptors (Lipinski definition) is 3. The van der Waals surface area contributed by atoms with Gasteiger partial charge in [-0.2, -0.15) is 4.31 Å². The summed E-state index contributed by atoms with van der Waals surface area (Å²) in [7, 11) is -3.52. The Balaban J connectivity index is 1.40. The van der Waals surface area contributed by atoms with Crippen molar-refractivity contribution in [2.24, 2.45) is 0 Å². The highest BCUT2D eigenvalue weighted by Gasteiger charge is 2.27. The summed E-state index contributed by atoms with van der Waals surface area (Å²) in [6.45, 7) is 1.30. The molecule has 1 saturated heterocycles. The SMILES string of the molecule is O=C(c1cccc(-n2cccc2)c1)N1CCN(S(=O)(=O)/C=C/c2ccccc2)CC1. The van der Waals surface area contributed by atoms with Gasteiger partial charge < -0.3 is 9.47 Å². The van der Waals surface area contributed by atoms with E-state index >= 15 is 0 Å². The summed E-state index contributed by atoms with van der Waals surface area (Å²) in [6, 6.07) is 20.6. The summed E-state index contributed by atoms with van der Waals surface area (Å²) in [6.07, 6.45) is 5.45. The van der Waals surface area contributed by atoms with Gasteiger partial charge >= 0.3 is 0 Å². The summed E-state index contributed by atoms with van der Waals surface area (Å²) in [5, 5.41) is 1.24. The molecule has 1 aromatic heterocycles. The number of hydrogen-bond donors (Lipinski definition) is 0. The second-order valence-electron chi connectivity index (χ2n) is 7.09. The van der Waals surface area contributed by atoms with Crippen molar-refractivity contribution in [3.05, 3.63) is 95.7 Å². The Hall–Kier alpha value is -3.16. The predicted molar refractivity (Wildman–Crippen MR) is 118 cm³/mol. The minimum absolute atomic E-state index is 0.0825. The topological polar surface area (TPSA) is 62.6 Å². The van der Waals surface area contributed by atoms with Crippen molar-refractivity contribution in [2.45, 2.75) is 0 Å². The molecular weight excluding hydrogens is 398 g/mol. The lowest BCUT2D eigenvalue weighted by molar-refractivity contribution is 0.0698. The quantitative estimate of drug-likeness (QED) is 0.635. The van der Waals surface area contributed by atoms with Crippen LogP contribution in [0.4, 0.5) is 0 Å². The molecular formula is C23H23N3O3S. The number of nitrogens with zero attached hydrogens (tertiary/aromatic N) is 3. The van der Waals surface area contributed by atoms with Crippen molar-refractivity contribution < 1.29 is 13.2 Å². The van der Waals surface area contributed by atoms with Crippen LogP contribution in [0.25, 0.3) is 11.8 Å². The first-order valence-electron chi connectivity index (χ1n) is 9.79. The Labute approximate surface area is 176 Å². The zero-order valence-electron chi connectivity index (χ0n) is 16.5. The van der Waals surface area contributed by atoms with Crippen molar-refractivity contribution in [3.63, 3.8) is 0 Å². The Kier molecular flexibility index (Phi) is 5.83. The number of aromatic nitrogens is 1. The van der Waals surface area contributed by atoms with E-state index in [1.54, 1.807) is 17.0 Å². The predicted octanol–water partition coefficient (Wildman–Crippen LogP) is 3.24. The molecule has 7 heteroatoms. The van der Waals surface area contributed by atoms with Crippen LogP contribution in [0.5, 0.6) is 0 Å². The average Bonchev–Trinajstić information content (AvgIpc) is 3.33. The van der Waals surface area contributed by atoms with E-state index in [0.717, 1.165) is 11.3 Å². The van der Waals surface area contributed by atoms with Gasteiger partial charge in [-0.15, -0.1) is 0 Å². The fourth-order valence-corrected chi connectivity index (χ4v) is 4.62. The molecule has 0 saturated carbocycles. The molecule has 1 fully saturated rings. The van der Waals surface area contributed by atoms with Crippen LogP contribution in [0.3, 0.4) is 0 Å². The monoisotopic (exact) mass is 421 g/mol. The van der Waals surface area contributed by atoms with Gasteiger partial charge in [0, 0.05) is 55.2 Å². The summed E-state index contributed by atoms with van der Waals surface area (Å²) >= 11 is 0. The van der Waals surface area contributed by atoms with E-state index in [0.29, 0.717) is 18.7 Å². The van der Waals surface area contributed by atoms with Crippen LogP contribution in [0.1, 0.15) is 15.9 Å². The molecule has 0 radical (unpaired) electrons. The highest BCUT2D eigenvalue weighted by molar-refractivity contribution is 7.92. The molecule has 0 aliphatic carbocycles. The van der Waals surface area contributed by atoms with E-state index in [9.17, 15) is 13.2 Å². The van der Waals surface area contributed by atoms with Crippen molar-refractivity contribution in [1.82, 2.24) is 13.8 Å². The fraction of sp³-hybridized carbons (Fsp3) is 0.174. The van der Waals surface area contributed by atoms with Gasteiger partial charge in [0.25, 0.3) is 5.91 Å². The molecule has 4 rings (SSSR count). The minimum Gasteiger partial charge on any atom is -0.336 e. The average molecular weight is 422 g/mol. The highest BCUT2D eigenvalue weighted by Crippen LogP contribution is 2.16. The Bertz CT molecular complexity index is 1130. The van der Waals surface area contributed by atoms with Gasteiger partial charge in [-0.05, 0) is 42.0 Å². The summed E-state index contributed by atoms with van der Waals surface area (Å²) < 4.78 is 28.6. The van der Waals surface area contributed by atoms with Gasteiger partial charge in [0.05, 0.1) is 0 Å². The molecule has 0 bridgehead atoms. The number of benzene rings is 2. The first-order valence-corrected chi connectivity index (χ1v) is 11.3.